The zero-order chi connectivity index (χ0) is 18.4. The number of aromatic nitrogens is 3. The van der Waals surface area contributed by atoms with E-state index in [4.69, 9.17) is 9.47 Å². The molecule has 0 amide bonds. The van der Waals surface area contributed by atoms with Gasteiger partial charge >= 0.3 is 0 Å². The maximum absolute atomic E-state index is 13.2. The van der Waals surface area contributed by atoms with Crippen LogP contribution in [-0.2, 0) is 0 Å². The van der Waals surface area contributed by atoms with E-state index in [0.717, 1.165) is 32.9 Å². The molecule has 0 N–H and O–H groups in total. The summed E-state index contributed by atoms with van der Waals surface area (Å²) in [5.74, 6) is 1.27. The molecule has 4 aromatic rings. The Kier molecular flexibility index (Phi) is 3.88. The Bertz CT molecular complexity index is 1160. The highest BCUT2D eigenvalue weighted by atomic mass is 32.1. The van der Waals surface area contributed by atoms with Crippen LogP contribution >= 0.6 is 11.3 Å². The molecule has 0 radical (unpaired) electrons. The molecule has 0 saturated carbocycles. The monoisotopic (exact) mass is 367 g/mol. The molecular formula is C19H17N3O3S. The summed E-state index contributed by atoms with van der Waals surface area (Å²) >= 11 is 1.43. The highest BCUT2D eigenvalue weighted by Gasteiger charge is 2.22. The number of rotatable bonds is 4. The minimum absolute atomic E-state index is 0.151. The lowest BCUT2D eigenvalue weighted by Crippen LogP contribution is -2.10. The van der Waals surface area contributed by atoms with Crippen molar-refractivity contribution in [3.63, 3.8) is 0 Å². The van der Waals surface area contributed by atoms with E-state index in [9.17, 15) is 4.79 Å². The van der Waals surface area contributed by atoms with E-state index in [-0.39, 0.29) is 5.78 Å². The van der Waals surface area contributed by atoms with Crippen molar-refractivity contribution in [3.8, 4) is 11.5 Å². The van der Waals surface area contributed by atoms with E-state index >= 15 is 0 Å². The number of aryl methyl sites for hydroxylation is 1. The maximum Gasteiger partial charge on any atom is 0.229 e. The minimum Gasteiger partial charge on any atom is -0.497 e. The molecule has 3 aromatic heterocycles. The third kappa shape index (κ3) is 2.35. The molecule has 7 heteroatoms. The Labute approximate surface area is 154 Å². The largest absolute Gasteiger partial charge is 0.497 e. The lowest BCUT2D eigenvalue weighted by Gasteiger charge is -2.11. The number of methoxy groups -OCH3 is 2. The van der Waals surface area contributed by atoms with Crippen molar-refractivity contribution < 1.29 is 14.3 Å². The van der Waals surface area contributed by atoms with Crippen LogP contribution in [0.4, 0.5) is 0 Å². The van der Waals surface area contributed by atoms with E-state index in [1.54, 1.807) is 20.4 Å². The summed E-state index contributed by atoms with van der Waals surface area (Å²) in [5.41, 5.74) is 4.22. The minimum atomic E-state index is -0.151. The number of imidazole rings is 1. The van der Waals surface area contributed by atoms with Gasteiger partial charge in [-0.25, -0.2) is 4.98 Å². The van der Waals surface area contributed by atoms with Crippen LogP contribution in [0.3, 0.4) is 0 Å². The van der Waals surface area contributed by atoms with Gasteiger partial charge in [-0.2, -0.15) is 0 Å². The summed E-state index contributed by atoms with van der Waals surface area (Å²) in [6, 6.07) is 5.64. The number of fused-ring (bicyclic) bond motifs is 3. The van der Waals surface area contributed by atoms with E-state index in [1.807, 2.05) is 41.8 Å². The fourth-order valence-electron chi connectivity index (χ4n) is 3.18. The molecule has 3 heterocycles. The number of hydrogen-bond donors (Lipinski definition) is 0. The fourth-order valence-corrected chi connectivity index (χ4v) is 4.06. The summed E-state index contributed by atoms with van der Waals surface area (Å²) in [5, 5.41) is 1.82. The summed E-state index contributed by atoms with van der Waals surface area (Å²) in [6.45, 7) is 3.76. The van der Waals surface area contributed by atoms with Gasteiger partial charge in [0.05, 0.1) is 25.3 Å². The van der Waals surface area contributed by atoms with Crippen molar-refractivity contribution in [2.24, 2.45) is 0 Å². The number of ether oxygens (including phenoxy) is 2. The van der Waals surface area contributed by atoms with Crippen molar-refractivity contribution in [1.82, 2.24) is 14.4 Å². The summed E-state index contributed by atoms with van der Waals surface area (Å²) < 4.78 is 12.6. The normalized spacial score (nSPS) is 11.2. The molecule has 0 unspecified atom stereocenters. The van der Waals surface area contributed by atoms with Gasteiger partial charge in [0.2, 0.25) is 5.78 Å². The number of hydrogen-bond acceptors (Lipinski definition) is 6. The van der Waals surface area contributed by atoms with E-state index < -0.39 is 0 Å². The van der Waals surface area contributed by atoms with Crippen LogP contribution < -0.4 is 9.47 Å². The van der Waals surface area contributed by atoms with Crippen molar-refractivity contribution in [2.45, 2.75) is 13.8 Å². The van der Waals surface area contributed by atoms with E-state index in [2.05, 4.69) is 9.97 Å². The van der Waals surface area contributed by atoms with Gasteiger partial charge in [-0.05, 0) is 26.0 Å². The lowest BCUT2D eigenvalue weighted by atomic mass is 10.1. The number of ketones is 1. The fraction of sp³-hybridized carbons (Fsp3) is 0.211. The average molecular weight is 367 g/mol. The summed E-state index contributed by atoms with van der Waals surface area (Å²) in [4.78, 5) is 22.9. The van der Waals surface area contributed by atoms with Crippen molar-refractivity contribution in [1.29, 1.82) is 0 Å². The summed E-state index contributed by atoms with van der Waals surface area (Å²) in [6.07, 6.45) is 1.67. The van der Waals surface area contributed by atoms with Gasteiger partial charge in [0.25, 0.3) is 0 Å². The second-order valence-corrected chi connectivity index (χ2v) is 6.82. The first-order valence-corrected chi connectivity index (χ1v) is 8.91. The number of carbonyl (C=O) groups is 1. The zero-order valence-electron chi connectivity index (χ0n) is 14.9. The average Bonchev–Trinajstić information content (AvgIpc) is 3.20. The second kappa shape index (κ2) is 6.10. The van der Waals surface area contributed by atoms with Crippen LogP contribution in [-0.4, -0.2) is 34.4 Å². The van der Waals surface area contributed by atoms with Gasteiger partial charge in [-0.1, -0.05) is 0 Å². The first-order chi connectivity index (χ1) is 12.5. The van der Waals surface area contributed by atoms with Gasteiger partial charge < -0.3 is 9.47 Å². The first kappa shape index (κ1) is 16.5. The molecule has 0 spiro atoms. The maximum atomic E-state index is 13.2. The highest BCUT2D eigenvalue weighted by Crippen LogP contribution is 2.30. The van der Waals surface area contributed by atoms with E-state index in [1.165, 1.54) is 11.3 Å². The molecule has 0 aliphatic rings. The Hall–Kier alpha value is -2.93. The lowest BCUT2D eigenvalue weighted by molar-refractivity contribution is 0.102. The van der Waals surface area contributed by atoms with E-state index in [0.29, 0.717) is 17.1 Å². The highest BCUT2D eigenvalue weighted by molar-refractivity contribution is 7.15. The van der Waals surface area contributed by atoms with Crippen LogP contribution in [0.5, 0.6) is 11.5 Å². The SMILES string of the molecule is COc1ccc2c(c1)nc1scc(C(=O)c3ncc(C)c(OC)c3C)n12. The molecule has 26 heavy (non-hydrogen) atoms. The molecule has 132 valence electrons. The molecule has 6 nitrogen and oxygen atoms in total. The Morgan fingerprint density at radius 2 is 2.00 bits per heavy atom. The molecule has 4 rings (SSSR count). The van der Waals surface area contributed by atoms with Gasteiger partial charge in [0.15, 0.2) is 4.96 Å². The van der Waals surface area contributed by atoms with Crippen LogP contribution in [0.25, 0.3) is 16.0 Å². The van der Waals surface area contributed by atoms with Gasteiger partial charge in [0, 0.05) is 28.8 Å². The second-order valence-electron chi connectivity index (χ2n) is 5.98. The van der Waals surface area contributed by atoms with Crippen LogP contribution in [0, 0.1) is 13.8 Å². The standard InChI is InChI=1S/C19H17N3O3S/c1-10-8-20-16(11(2)18(10)25-4)17(23)15-9-26-19-21-13-7-12(24-3)5-6-14(13)22(15)19/h5-9H,1-4H3. The quantitative estimate of drug-likeness (QED) is 0.513. The molecule has 0 saturated heterocycles. The molecule has 0 aliphatic carbocycles. The molecule has 1 aromatic carbocycles. The van der Waals surface area contributed by atoms with Crippen LogP contribution in [0.15, 0.2) is 29.8 Å². The molecule has 0 atom stereocenters. The molecule has 0 aliphatic heterocycles. The third-order valence-corrected chi connectivity index (χ3v) is 5.27. The van der Waals surface area contributed by atoms with Crippen molar-refractivity contribution >= 4 is 33.1 Å². The number of benzene rings is 1. The Morgan fingerprint density at radius 3 is 2.73 bits per heavy atom. The van der Waals surface area contributed by atoms with Gasteiger partial charge in [-0.15, -0.1) is 11.3 Å². The van der Waals surface area contributed by atoms with Crippen LogP contribution in [0.2, 0.25) is 0 Å². The van der Waals surface area contributed by atoms with Crippen molar-refractivity contribution in [3.05, 3.63) is 52.3 Å². The molecule has 0 bridgehead atoms. The molecular weight excluding hydrogens is 350 g/mol. The Morgan fingerprint density at radius 1 is 1.19 bits per heavy atom. The van der Waals surface area contributed by atoms with Gasteiger partial charge in [0.1, 0.15) is 22.9 Å². The number of carbonyl (C=O) groups excluding carboxylic acids is 1. The van der Waals surface area contributed by atoms with Crippen molar-refractivity contribution in [2.75, 3.05) is 14.2 Å². The third-order valence-electron chi connectivity index (χ3n) is 4.44. The molecule has 0 fully saturated rings. The topological polar surface area (TPSA) is 65.7 Å². The first-order valence-electron chi connectivity index (χ1n) is 8.03. The summed E-state index contributed by atoms with van der Waals surface area (Å²) in [7, 11) is 3.22. The number of pyridine rings is 1. The number of nitrogens with zero attached hydrogens (tertiary/aromatic N) is 3. The predicted octanol–water partition coefficient (Wildman–Crippen LogP) is 3.81. The van der Waals surface area contributed by atoms with Crippen LogP contribution in [0.1, 0.15) is 27.3 Å². The van der Waals surface area contributed by atoms with Gasteiger partial charge in [-0.3, -0.25) is 14.2 Å². The zero-order valence-corrected chi connectivity index (χ0v) is 15.7. The number of thiazole rings is 1. The Balaban J connectivity index is 1.91. The predicted molar refractivity (Wildman–Crippen MR) is 101 cm³/mol. The smallest absolute Gasteiger partial charge is 0.229 e.